The molecule has 0 spiro atoms. The van der Waals surface area contributed by atoms with Crippen LogP contribution >= 0.6 is 15.9 Å². The van der Waals surface area contributed by atoms with Gasteiger partial charge in [-0.1, -0.05) is 13.5 Å². The Morgan fingerprint density at radius 1 is 1.90 bits per heavy atom. The molecule has 0 rings (SSSR count). The van der Waals surface area contributed by atoms with Crippen molar-refractivity contribution in [3.05, 3.63) is 12.4 Å². The second-order valence-electron chi connectivity index (χ2n) is 1.55. The van der Waals surface area contributed by atoms with E-state index >= 15 is 0 Å². The molecule has 0 saturated carbocycles. The number of halogens is 1. The molecule has 0 saturated heterocycles. The molecular formula is C6H9BrN2O. The van der Waals surface area contributed by atoms with Crippen LogP contribution in [0.1, 0.15) is 13.3 Å². The minimum Gasteiger partial charge on any atom is -0.314 e. The molecule has 0 aromatic heterocycles. The first-order valence-electron chi connectivity index (χ1n) is 2.82. The van der Waals surface area contributed by atoms with Gasteiger partial charge < -0.3 is 5.32 Å². The Labute approximate surface area is 68.3 Å². The van der Waals surface area contributed by atoms with E-state index in [0.717, 1.165) is 11.0 Å². The van der Waals surface area contributed by atoms with E-state index in [4.69, 9.17) is 0 Å². The first kappa shape index (κ1) is 9.36. The zero-order valence-corrected chi connectivity index (χ0v) is 7.31. The number of rotatable bonds is 4. The molecule has 0 heterocycles. The van der Waals surface area contributed by atoms with Crippen molar-refractivity contribution >= 4 is 27.0 Å². The first-order chi connectivity index (χ1) is 4.70. The van der Waals surface area contributed by atoms with Crippen molar-refractivity contribution in [3.63, 3.8) is 0 Å². The summed E-state index contributed by atoms with van der Waals surface area (Å²) in [6, 6.07) is 0. The molecule has 56 valence electrons. The van der Waals surface area contributed by atoms with Gasteiger partial charge in [-0.2, -0.15) is 0 Å². The van der Waals surface area contributed by atoms with E-state index in [1.807, 2.05) is 6.92 Å². The highest BCUT2D eigenvalue weighted by molar-refractivity contribution is 9.18. The normalized spacial score (nSPS) is 10.8. The average Bonchev–Trinajstić information content (AvgIpc) is 1.88. The quantitative estimate of drug-likeness (QED) is 0.547. The molecular weight excluding hydrogens is 196 g/mol. The number of carbonyl (C=O) groups excluding carboxylic acids is 1. The topological polar surface area (TPSA) is 41.5 Å². The van der Waals surface area contributed by atoms with E-state index in [1.54, 1.807) is 0 Å². The minimum absolute atomic E-state index is 0.351. The predicted molar refractivity (Wildman–Crippen MR) is 45.0 cm³/mol. The van der Waals surface area contributed by atoms with Gasteiger partial charge in [0, 0.05) is 0 Å². The lowest BCUT2D eigenvalue weighted by molar-refractivity contribution is -0.108. The Hall–Kier alpha value is -0.640. The van der Waals surface area contributed by atoms with Crippen LogP contribution in [0.25, 0.3) is 0 Å². The molecule has 0 aromatic rings. The van der Waals surface area contributed by atoms with Crippen LogP contribution in [0.4, 0.5) is 0 Å². The maximum atomic E-state index is 9.83. The van der Waals surface area contributed by atoms with Crippen molar-refractivity contribution in [2.75, 3.05) is 0 Å². The summed E-state index contributed by atoms with van der Waals surface area (Å²) in [4.78, 5) is 13.7. The number of hydrogen-bond acceptors (Lipinski definition) is 2. The summed E-state index contributed by atoms with van der Waals surface area (Å²) in [7, 11) is 0. The lowest BCUT2D eigenvalue weighted by atomic mass is 10.5. The van der Waals surface area contributed by atoms with Gasteiger partial charge in [0.2, 0.25) is 6.41 Å². The third-order valence-electron chi connectivity index (χ3n) is 0.774. The number of aliphatic imine (C=N–C) groups is 1. The Bertz CT molecular complexity index is 165. The maximum absolute atomic E-state index is 9.83. The van der Waals surface area contributed by atoms with Gasteiger partial charge in [0.05, 0.1) is 4.62 Å². The van der Waals surface area contributed by atoms with E-state index in [0.29, 0.717) is 12.2 Å². The van der Waals surface area contributed by atoms with E-state index in [1.165, 1.54) is 0 Å². The zero-order chi connectivity index (χ0) is 7.98. The summed E-state index contributed by atoms with van der Waals surface area (Å²) in [5, 5.41) is 2.32. The number of hydrogen-bond donors (Lipinski definition) is 1. The smallest absolute Gasteiger partial charge is 0.212 e. The summed E-state index contributed by atoms with van der Waals surface area (Å²) >= 11 is 3.18. The molecule has 0 radical (unpaired) electrons. The van der Waals surface area contributed by atoms with Gasteiger partial charge in [-0.15, -0.1) is 0 Å². The molecule has 0 atom stereocenters. The largest absolute Gasteiger partial charge is 0.314 e. The number of amides is 1. The van der Waals surface area contributed by atoms with E-state index in [-0.39, 0.29) is 0 Å². The van der Waals surface area contributed by atoms with Crippen molar-refractivity contribution in [1.29, 1.82) is 0 Å². The Balaban J connectivity index is 3.86. The van der Waals surface area contributed by atoms with Crippen molar-refractivity contribution in [2.45, 2.75) is 13.3 Å². The Kier molecular flexibility index (Phi) is 4.84. The van der Waals surface area contributed by atoms with Crippen LogP contribution in [0.5, 0.6) is 0 Å². The summed E-state index contributed by atoms with van der Waals surface area (Å²) in [5.41, 5.74) is 0. The van der Waals surface area contributed by atoms with Gasteiger partial charge in [0.25, 0.3) is 0 Å². The number of nitrogens with zero attached hydrogens (tertiary/aromatic N) is 1. The molecule has 0 unspecified atom stereocenters. The third-order valence-corrected chi connectivity index (χ3v) is 1.51. The van der Waals surface area contributed by atoms with Crippen LogP contribution < -0.4 is 5.32 Å². The van der Waals surface area contributed by atoms with Crippen LogP contribution in [-0.2, 0) is 4.79 Å². The Morgan fingerprint density at radius 3 is 2.90 bits per heavy atom. The maximum Gasteiger partial charge on any atom is 0.212 e. The molecule has 0 fully saturated rings. The van der Waals surface area contributed by atoms with E-state index in [2.05, 4.69) is 32.8 Å². The fraction of sp³-hybridized carbons (Fsp3) is 0.333. The van der Waals surface area contributed by atoms with Crippen LogP contribution in [0.3, 0.4) is 0 Å². The molecule has 0 aliphatic carbocycles. The van der Waals surface area contributed by atoms with E-state index in [9.17, 15) is 4.79 Å². The SMILES string of the molecule is C=C(N=C(Br)CC)NC=O. The first-order valence-corrected chi connectivity index (χ1v) is 3.62. The monoisotopic (exact) mass is 204 g/mol. The van der Waals surface area contributed by atoms with Gasteiger partial charge in [-0.25, -0.2) is 4.99 Å². The number of carbonyl (C=O) groups is 1. The summed E-state index contributed by atoms with van der Waals surface area (Å²) in [5.74, 6) is 0.351. The van der Waals surface area contributed by atoms with Gasteiger partial charge in [-0.3, -0.25) is 4.79 Å². The highest BCUT2D eigenvalue weighted by atomic mass is 79.9. The molecule has 1 N–H and O–H groups in total. The van der Waals surface area contributed by atoms with Crippen molar-refractivity contribution in [1.82, 2.24) is 5.32 Å². The molecule has 10 heavy (non-hydrogen) atoms. The lowest BCUT2D eigenvalue weighted by Gasteiger charge is -1.95. The average molecular weight is 205 g/mol. The van der Waals surface area contributed by atoms with Crippen molar-refractivity contribution in [2.24, 2.45) is 4.99 Å². The minimum atomic E-state index is 0.351. The summed E-state index contributed by atoms with van der Waals surface area (Å²) in [6.07, 6.45) is 1.33. The molecule has 4 heteroatoms. The van der Waals surface area contributed by atoms with E-state index < -0.39 is 0 Å². The molecule has 0 aromatic carbocycles. The highest BCUT2D eigenvalue weighted by Crippen LogP contribution is 1.98. The predicted octanol–water partition coefficient (Wildman–Crippen LogP) is 1.41. The van der Waals surface area contributed by atoms with Gasteiger partial charge in [0.1, 0.15) is 5.82 Å². The lowest BCUT2D eigenvalue weighted by Crippen LogP contribution is -2.07. The standard InChI is InChI=1S/C6H9BrN2O/c1-3-6(7)9-5(2)8-4-10/h4H,2-3H2,1H3,(H,8,10). The van der Waals surface area contributed by atoms with Crippen LogP contribution in [0.15, 0.2) is 17.4 Å². The van der Waals surface area contributed by atoms with Gasteiger partial charge in [-0.05, 0) is 22.4 Å². The molecule has 0 aliphatic heterocycles. The summed E-state index contributed by atoms with van der Waals surface area (Å²) in [6.45, 7) is 5.42. The second kappa shape index (κ2) is 5.17. The van der Waals surface area contributed by atoms with Crippen molar-refractivity contribution in [3.8, 4) is 0 Å². The molecule has 1 amide bonds. The molecule has 0 aliphatic rings. The van der Waals surface area contributed by atoms with Crippen LogP contribution in [0.2, 0.25) is 0 Å². The van der Waals surface area contributed by atoms with Gasteiger partial charge >= 0.3 is 0 Å². The number of nitrogens with one attached hydrogen (secondary N) is 1. The zero-order valence-electron chi connectivity index (χ0n) is 5.72. The fourth-order valence-corrected chi connectivity index (χ4v) is 0.540. The molecule has 0 bridgehead atoms. The van der Waals surface area contributed by atoms with Crippen LogP contribution in [-0.4, -0.2) is 11.0 Å². The van der Waals surface area contributed by atoms with Gasteiger partial charge in [0.15, 0.2) is 0 Å². The fourth-order valence-electron chi connectivity index (χ4n) is 0.326. The van der Waals surface area contributed by atoms with Crippen molar-refractivity contribution < 1.29 is 4.79 Å². The second-order valence-corrected chi connectivity index (χ2v) is 2.47. The third kappa shape index (κ3) is 4.26. The van der Waals surface area contributed by atoms with Crippen LogP contribution in [0, 0.1) is 0 Å². The summed E-state index contributed by atoms with van der Waals surface area (Å²) < 4.78 is 0.770. The highest BCUT2D eigenvalue weighted by Gasteiger charge is 1.89. The Morgan fingerprint density at radius 2 is 2.50 bits per heavy atom. The molecule has 3 nitrogen and oxygen atoms in total.